The highest BCUT2D eigenvalue weighted by molar-refractivity contribution is 8.13. The topological polar surface area (TPSA) is 29.1 Å². The highest BCUT2D eigenvalue weighted by Gasteiger charge is 2.17. The van der Waals surface area contributed by atoms with Crippen LogP contribution in [0.3, 0.4) is 0 Å². The number of hydrogen-bond acceptors (Lipinski definition) is 3. The Morgan fingerprint density at radius 1 is 1.58 bits per heavy atom. The van der Waals surface area contributed by atoms with Crippen molar-refractivity contribution < 1.29 is 4.79 Å². The molecule has 1 heterocycles. The van der Waals surface area contributed by atoms with Gasteiger partial charge in [0.05, 0.1) is 0 Å². The molecule has 70 valence electrons. The van der Waals surface area contributed by atoms with E-state index < -0.39 is 0 Å². The normalized spacial score (nSPS) is 30.2. The second-order valence-electron chi connectivity index (χ2n) is 3.59. The summed E-state index contributed by atoms with van der Waals surface area (Å²) in [5.41, 5.74) is 0. The van der Waals surface area contributed by atoms with Gasteiger partial charge in [-0.15, -0.1) is 0 Å². The standard InChI is InChI=1S/C9H17NOS/c1-7-3-4-9(10-5-7)6-12-8(2)11/h7,9-10H,3-6H2,1-2H3/t7-,9+/m0/s1. The molecule has 1 fully saturated rings. The average Bonchev–Trinajstić information content (AvgIpc) is 2.03. The SMILES string of the molecule is CC(=O)SC[C@H]1CC[C@H](C)CN1. The molecule has 0 aromatic carbocycles. The van der Waals surface area contributed by atoms with Crippen molar-refractivity contribution in [3.05, 3.63) is 0 Å². The Morgan fingerprint density at radius 2 is 2.33 bits per heavy atom. The third-order valence-electron chi connectivity index (χ3n) is 2.25. The summed E-state index contributed by atoms with van der Waals surface area (Å²) in [5, 5.41) is 3.68. The number of carbonyl (C=O) groups is 1. The Labute approximate surface area is 78.5 Å². The molecule has 2 nitrogen and oxygen atoms in total. The minimum atomic E-state index is 0.232. The maximum absolute atomic E-state index is 10.7. The van der Waals surface area contributed by atoms with E-state index in [0.29, 0.717) is 6.04 Å². The first-order chi connectivity index (χ1) is 5.68. The van der Waals surface area contributed by atoms with Crippen LogP contribution in [-0.2, 0) is 4.79 Å². The molecule has 0 bridgehead atoms. The lowest BCUT2D eigenvalue weighted by molar-refractivity contribution is -0.109. The average molecular weight is 187 g/mol. The number of hydrogen-bond donors (Lipinski definition) is 1. The van der Waals surface area contributed by atoms with Crippen molar-refractivity contribution >= 4 is 16.9 Å². The minimum Gasteiger partial charge on any atom is -0.313 e. The van der Waals surface area contributed by atoms with E-state index in [1.807, 2.05) is 0 Å². The zero-order valence-electron chi connectivity index (χ0n) is 7.80. The summed E-state index contributed by atoms with van der Waals surface area (Å²) in [6, 6.07) is 0.565. The third kappa shape index (κ3) is 3.59. The molecule has 1 N–H and O–H groups in total. The molecule has 3 heteroatoms. The second kappa shape index (κ2) is 4.87. The van der Waals surface area contributed by atoms with Crippen LogP contribution in [-0.4, -0.2) is 23.5 Å². The lowest BCUT2D eigenvalue weighted by Crippen LogP contribution is -2.39. The Bertz CT molecular complexity index is 153. The van der Waals surface area contributed by atoms with E-state index in [0.717, 1.165) is 18.2 Å². The number of piperidine rings is 1. The number of rotatable bonds is 2. The molecule has 0 amide bonds. The maximum atomic E-state index is 10.7. The van der Waals surface area contributed by atoms with Crippen LogP contribution in [0.1, 0.15) is 26.7 Å². The number of carbonyl (C=O) groups excluding carboxylic acids is 1. The van der Waals surface area contributed by atoms with Crippen molar-refractivity contribution in [3.8, 4) is 0 Å². The molecule has 0 aromatic heterocycles. The van der Waals surface area contributed by atoms with Crippen molar-refractivity contribution in [1.82, 2.24) is 5.32 Å². The van der Waals surface area contributed by atoms with Gasteiger partial charge in [-0.1, -0.05) is 18.7 Å². The van der Waals surface area contributed by atoms with Gasteiger partial charge in [-0.05, 0) is 25.3 Å². The molecule has 1 saturated heterocycles. The second-order valence-corrected chi connectivity index (χ2v) is 4.79. The minimum absolute atomic E-state index is 0.232. The number of thioether (sulfide) groups is 1. The van der Waals surface area contributed by atoms with E-state index in [1.165, 1.54) is 24.6 Å². The van der Waals surface area contributed by atoms with Gasteiger partial charge in [0.25, 0.3) is 0 Å². The van der Waals surface area contributed by atoms with E-state index in [9.17, 15) is 4.79 Å². The first-order valence-corrected chi connectivity index (χ1v) is 5.54. The molecule has 0 radical (unpaired) electrons. The molecule has 1 rings (SSSR count). The first-order valence-electron chi connectivity index (χ1n) is 4.55. The fourth-order valence-corrected chi connectivity index (χ4v) is 2.14. The van der Waals surface area contributed by atoms with Crippen LogP contribution >= 0.6 is 11.8 Å². The van der Waals surface area contributed by atoms with Crippen LogP contribution in [0.15, 0.2) is 0 Å². The summed E-state index contributed by atoms with van der Waals surface area (Å²) >= 11 is 1.44. The molecule has 0 saturated carbocycles. The van der Waals surface area contributed by atoms with Gasteiger partial charge >= 0.3 is 0 Å². The zero-order chi connectivity index (χ0) is 8.97. The van der Waals surface area contributed by atoms with Gasteiger partial charge in [-0.3, -0.25) is 4.79 Å². The predicted octanol–water partition coefficient (Wildman–Crippen LogP) is 1.65. The summed E-state index contributed by atoms with van der Waals surface area (Å²) in [4.78, 5) is 10.7. The van der Waals surface area contributed by atoms with E-state index in [-0.39, 0.29) is 5.12 Å². The van der Waals surface area contributed by atoms with Crippen molar-refractivity contribution in [1.29, 1.82) is 0 Å². The van der Waals surface area contributed by atoms with Crippen molar-refractivity contribution in [3.63, 3.8) is 0 Å². The van der Waals surface area contributed by atoms with Gasteiger partial charge < -0.3 is 5.32 Å². The van der Waals surface area contributed by atoms with Crippen LogP contribution in [0.2, 0.25) is 0 Å². The van der Waals surface area contributed by atoms with Crippen molar-refractivity contribution in [2.45, 2.75) is 32.7 Å². The Balaban J connectivity index is 2.13. The predicted molar refractivity (Wildman–Crippen MR) is 53.3 cm³/mol. The Hall–Kier alpha value is -0.0200. The molecule has 2 atom stereocenters. The van der Waals surface area contributed by atoms with Gasteiger partial charge in [-0.2, -0.15) is 0 Å². The fraction of sp³-hybridized carbons (Fsp3) is 0.889. The quantitative estimate of drug-likeness (QED) is 0.713. The summed E-state index contributed by atoms with van der Waals surface area (Å²) in [6.45, 7) is 5.01. The van der Waals surface area contributed by atoms with Gasteiger partial charge in [-0.25, -0.2) is 0 Å². The zero-order valence-corrected chi connectivity index (χ0v) is 8.62. The van der Waals surface area contributed by atoms with Crippen molar-refractivity contribution in [2.24, 2.45) is 5.92 Å². The van der Waals surface area contributed by atoms with E-state index in [1.54, 1.807) is 6.92 Å². The van der Waals surface area contributed by atoms with Gasteiger partial charge in [0.15, 0.2) is 5.12 Å². The van der Waals surface area contributed by atoms with Gasteiger partial charge in [0.1, 0.15) is 0 Å². The monoisotopic (exact) mass is 187 g/mol. The van der Waals surface area contributed by atoms with Crippen LogP contribution in [0.5, 0.6) is 0 Å². The van der Waals surface area contributed by atoms with E-state index in [2.05, 4.69) is 12.2 Å². The molecular formula is C9H17NOS. The van der Waals surface area contributed by atoms with Gasteiger partial charge in [0, 0.05) is 18.7 Å². The Kier molecular flexibility index (Phi) is 4.09. The van der Waals surface area contributed by atoms with Gasteiger partial charge in [0.2, 0.25) is 0 Å². The van der Waals surface area contributed by atoms with Crippen molar-refractivity contribution in [2.75, 3.05) is 12.3 Å². The first kappa shape index (κ1) is 10.1. The number of nitrogens with one attached hydrogen (secondary N) is 1. The van der Waals surface area contributed by atoms with Crippen LogP contribution < -0.4 is 5.32 Å². The van der Waals surface area contributed by atoms with E-state index in [4.69, 9.17) is 0 Å². The molecular weight excluding hydrogens is 170 g/mol. The third-order valence-corrected chi connectivity index (χ3v) is 3.23. The fourth-order valence-electron chi connectivity index (χ4n) is 1.42. The lowest BCUT2D eigenvalue weighted by Gasteiger charge is -2.27. The highest BCUT2D eigenvalue weighted by Crippen LogP contribution is 2.16. The summed E-state index contributed by atoms with van der Waals surface area (Å²) in [7, 11) is 0. The molecule has 0 aliphatic carbocycles. The highest BCUT2D eigenvalue weighted by atomic mass is 32.2. The van der Waals surface area contributed by atoms with Crippen LogP contribution in [0.25, 0.3) is 0 Å². The van der Waals surface area contributed by atoms with Crippen LogP contribution in [0, 0.1) is 5.92 Å². The Morgan fingerprint density at radius 3 is 2.83 bits per heavy atom. The largest absolute Gasteiger partial charge is 0.313 e. The molecule has 0 unspecified atom stereocenters. The molecule has 12 heavy (non-hydrogen) atoms. The van der Waals surface area contributed by atoms with E-state index >= 15 is 0 Å². The molecule has 0 aromatic rings. The summed E-state index contributed by atoms with van der Waals surface area (Å²) < 4.78 is 0. The summed E-state index contributed by atoms with van der Waals surface area (Å²) in [6.07, 6.45) is 2.53. The smallest absolute Gasteiger partial charge is 0.185 e. The van der Waals surface area contributed by atoms with Crippen LogP contribution in [0.4, 0.5) is 0 Å². The molecule has 0 spiro atoms. The lowest BCUT2D eigenvalue weighted by atomic mass is 9.97. The molecule has 1 aliphatic heterocycles. The molecule has 1 aliphatic rings. The summed E-state index contributed by atoms with van der Waals surface area (Å²) in [5.74, 6) is 1.76. The maximum Gasteiger partial charge on any atom is 0.185 e.